The second-order valence-electron chi connectivity index (χ2n) is 4.07. The molecule has 5 heteroatoms. The second-order valence-corrected chi connectivity index (χ2v) is 5.10. The number of aromatic nitrogens is 1. The third kappa shape index (κ3) is 2.94. The van der Waals surface area contributed by atoms with Gasteiger partial charge in [0.15, 0.2) is 5.13 Å². The number of fused-ring (bicyclic) bond motifs is 1. The van der Waals surface area contributed by atoms with Crippen LogP contribution in [-0.4, -0.2) is 17.2 Å². The maximum absolute atomic E-state index is 11.4. The topological polar surface area (TPSA) is 51.2 Å². The number of amides is 1. The van der Waals surface area contributed by atoms with Crippen molar-refractivity contribution in [2.75, 3.05) is 5.32 Å². The smallest absolute Gasteiger partial charge is 0.413 e. The molecule has 1 aromatic carbocycles. The van der Waals surface area contributed by atoms with Crippen LogP contribution in [0.2, 0.25) is 0 Å². The molecule has 0 bridgehead atoms. The molecule has 90 valence electrons. The molecule has 0 atom stereocenters. The number of hydrogen-bond donors (Lipinski definition) is 1. The Bertz CT molecular complexity index is 548. The summed E-state index contributed by atoms with van der Waals surface area (Å²) in [7, 11) is 0. The molecule has 0 aliphatic carbocycles. The van der Waals surface area contributed by atoms with Crippen molar-refractivity contribution < 1.29 is 9.53 Å². The monoisotopic (exact) mass is 250 g/mol. The number of benzene rings is 1. The SMILES string of the molecule is Cc1ccc2nc(NC(=O)OC(C)C)sc2c1. The molecule has 0 saturated heterocycles. The Labute approximate surface area is 104 Å². The fourth-order valence-corrected chi connectivity index (χ4v) is 2.37. The Balaban J connectivity index is 2.17. The normalized spacial score (nSPS) is 10.8. The van der Waals surface area contributed by atoms with Gasteiger partial charge in [0.05, 0.1) is 16.3 Å². The summed E-state index contributed by atoms with van der Waals surface area (Å²) in [6.07, 6.45) is -0.595. The van der Waals surface area contributed by atoms with Crippen molar-refractivity contribution in [3.63, 3.8) is 0 Å². The van der Waals surface area contributed by atoms with Crippen LogP contribution in [0.25, 0.3) is 10.2 Å². The van der Waals surface area contributed by atoms with Gasteiger partial charge in [-0.3, -0.25) is 5.32 Å². The van der Waals surface area contributed by atoms with E-state index in [1.165, 1.54) is 16.9 Å². The Kier molecular flexibility index (Phi) is 3.28. The van der Waals surface area contributed by atoms with Crippen LogP contribution in [0, 0.1) is 6.92 Å². The molecule has 0 radical (unpaired) electrons. The van der Waals surface area contributed by atoms with Gasteiger partial charge in [0.2, 0.25) is 0 Å². The number of carbonyl (C=O) groups excluding carboxylic acids is 1. The van der Waals surface area contributed by atoms with Crippen LogP contribution in [0.1, 0.15) is 19.4 Å². The fraction of sp³-hybridized carbons (Fsp3) is 0.333. The molecule has 1 N–H and O–H groups in total. The zero-order chi connectivity index (χ0) is 12.4. The van der Waals surface area contributed by atoms with Gasteiger partial charge in [0.1, 0.15) is 0 Å². The molecule has 2 rings (SSSR count). The van der Waals surface area contributed by atoms with Crippen molar-refractivity contribution in [3.8, 4) is 0 Å². The molecule has 0 aliphatic heterocycles. The van der Waals surface area contributed by atoms with E-state index >= 15 is 0 Å². The van der Waals surface area contributed by atoms with Gasteiger partial charge < -0.3 is 4.74 Å². The van der Waals surface area contributed by atoms with E-state index in [-0.39, 0.29) is 6.10 Å². The standard InChI is InChI=1S/C12H14N2O2S/c1-7(2)16-12(15)14-11-13-9-5-4-8(3)6-10(9)17-11/h4-7H,1-3H3,(H,13,14,15). The number of carbonyl (C=O) groups is 1. The molecule has 4 nitrogen and oxygen atoms in total. The molecule has 1 amide bonds. The van der Waals surface area contributed by atoms with Crippen molar-refractivity contribution in [3.05, 3.63) is 23.8 Å². The number of anilines is 1. The number of rotatable bonds is 2. The first kappa shape index (κ1) is 11.9. The molecule has 0 spiro atoms. The minimum atomic E-state index is -0.462. The third-order valence-corrected chi connectivity index (χ3v) is 3.03. The lowest BCUT2D eigenvalue weighted by molar-refractivity contribution is 0.130. The number of nitrogens with zero attached hydrogens (tertiary/aromatic N) is 1. The van der Waals surface area contributed by atoms with Gasteiger partial charge >= 0.3 is 6.09 Å². The predicted octanol–water partition coefficient (Wildman–Crippen LogP) is 3.56. The van der Waals surface area contributed by atoms with Gasteiger partial charge in [0, 0.05) is 0 Å². The van der Waals surface area contributed by atoms with Crippen LogP contribution in [0.5, 0.6) is 0 Å². The summed E-state index contributed by atoms with van der Waals surface area (Å²) in [5, 5.41) is 3.19. The molecule has 0 saturated carbocycles. The van der Waals surface area contributed by atoms with E-state index in [1.807, 2.05) is 25.1 Å². The largest absolute Gasteiger partial charge is 0.447 e. The maximum atomic E-state index is 11.4. The number of nitrogens with one attached hydrogen (secondary N) is 1. The van der Waals surface area contributed by atoms with Crippen molar-refractivity contribution in [2.45, 2.75) is 26.9 Å². The van der Waals surface area contributed by atoms with Crippen LogP contribution in [-0.2, 0) is 4.74 Å². The van der Waals surface area contributed by atoms with Gasteiger partial charge in [-0.25, -0.2) is 9.78 Å². The number of thiazole rings is 1. The molecule has 1 aromatic heterocycles. The molecule has 17 heavy (non-hydrogen) atoms. The summed E-state index contributed by atoms with van der Waals surface area (Å²) >= 11 is 1.44. The van der Waals surface area contributed by atoms with E-state index in [0.717, 1.165) is 10.2 Å². The quantitative estimate of drug-likeness (QED) is 0.886. The zero-order valence-electron chi connectivity index (χ0n) is 9.98. The van der Waals surface area contributed by atoms with Crippen molar-refractivity contribution in [2.24, 2.45) is 0 Å². The van der Waals surface area contributed by atoms with E-state index in [0.29, 0.717) is 5.13 Å². The van der Waals surface area contributed by atoms with Crippen molar-refractivity contribution >= 4 is 32.8 Å². The molecular weight excluding hydrogens is 236 g/mol. The van der Waals surface area contributed by atoms with Gasteiger partial charge in [-0.05, 0) is 38.5 Å². The predicted molar refractivity (Wildman–Crippen MR) is 69.6 cm³/mol. The van der Waals surface area contributed by atoms with E-state index in [1.54, 1.807) is 13.8 Å². The lowest BCUT2D eigenvalue weighted by atomic mass is 10.2. The summed E-state index contributed by atoms with van der Waals surface area (Å²) in [6, 6.07) is 5.99. The molecule has 2 aromatic rings. The van der Waals surface area contributed by atoms with Crippen LogP contribution >= 0.6 is 11.3 Å². The maximum Gasteiger partial charge on any atom is 0.413 e. The summed E-state index contributed by atoms with van der Waals surface area (Å²) in [5.74, 6) is 0. The van der Waals surface area contributed by atoms with Gasteiger partial charge in [-0.15, -0.1) is 0 Å². The third-order valence-electron chi connectivity index (χ3n) is 2.10. The van der Waals surface area contributed by atoms with Gasteiger partial charge in [0.25, 0.3) is 0 Å². The van der Waals surface area contributed by atoms with Crippen LogP contribution in [0.4, 0.5) is 9.93 Å². The molecule has 1 heterocycles. The van der Waals surface area contributed by atoms with Crippen LogP contribution < -0.4 is 5.32 Å². The highest BCUT2D eigenvalue weighted by atomic mass is 32.1. The summed E-state index contributed by atoms with van der Waals surface area (Å²) in [4.78, 5) is 15.7. The Hall–Kier alpha value is -1.62. The summed E-state index contributed by atoms with van der Waals surface area (Å²) in [5.41, 5.74) is 2.07. The first-order valence-electron chi connectivity index (χ1n) is 5.39. The highest BCUT2D eigenvalue weighted by Gasteiger charge is 2.09. The van der Waals surface area contributed by atoms with Gasteiger partial charge in [-0.1, -0.05) is 17.4 Å². The Morgan fingerprint density at radius 1 is 1.47 bits per heavy atom. The van der Waals surface area contributed by atoms with E-state index in [9.17, 15) is 4.79 Å². The minimum Gasteiger partial charge on any atom is -0.447 e. The Morgan fingerprint density at radius 2 is 2.24 bits per heavy atom. The molecule has 0 unspecified atom stereocenters. The first-order chi connectivity index (χ1) is 8.04. The van der Waals surface area contributed by atoms with Crippen LogP contribution in [0.15, 0.2) is 18.2 Å². The average molecular weight is 250 g/mol. The minimum absolute atomic E-state index is 0.133. The van der Waals surface area contributed by atoms with E-state index in [2.05, 4.69) is 10.3 Å². The number of hydrogen-bond acceptors (Lipinski definition) is 4. The molecule has 0 fully saturated rings. The first-order valence-corrected chi connectivity index (χ1v) is 6.21. The van der Waals surface area contributed by atoms with Crippen molar-refractivity contribution in [1.82, 2.24) is 4.98 Å². The lowest BCUT2D eigenvalue weighted by Gasteiger charge is -2.06. The van der Waals surface area contributed by atoms with E-state index in [4.69, 9.17) is 4.74 Å². The lowest BCUT2D eigenvalue weighted by Crippen LogP contribution is -2.17. The molecular formula is C12H14N2O2S. The van der Waals surface area contributed by atoms with Crippen LogP contribution in [0.3, 0.4) is 0 Å². The van der Waals surface area contributed by atoms with Gasteiger partial charge in [-0.2, -0.15) is 0 Å². The number of aryl methyl sites for hydroxylation is 1. The highest BCUT2D eigenvalue weighted by molar-refractivity contribution is 7.22. The zero-order valence-corrected chi connectivity index (χ0v) is 10.8. The average Bonchev–Trinajstić information content (AvgIpc) is 2.57. The van der Waals surface area contributed by atoms with Crippen molar-refractivity contribution in [1.29, 1.82) is 0 Å². The highest BCUT2D eigenvalue weighted by Crippen LogP contribution is 2.26. The fourth-order valence-electron chi connectivity index (χ4n) is 1.42. The summed E-state index contributed by atoms with van der Waals surface area (Å²) < 4.78 is 6.05. The molecule has 0 aliphatic rings. The van der Waals surface area contributed by atoms with E-state index < -0.39 is 6.09 Å². The number of ether oxygens (including phenoxy) is 1. The summed E-state index contributed by atoms with van der Waals surface area (Å²) in [6.45, 7) is 5.64. The second kappa shape index (κ2) is 4.71. The Morgan fingerprint density at radius 3 is 2.94 bits per heavy atom.